The first-order chi connectivity index (χ1) is 13.0. The number of benzene rings is 2. The number of carbonyl (C=O) groups is 1. The molecule has 3 rings (SSSR count). The average Bonchev–Trinajstić information content (AvgIpc) is 2.67. The van der Waals surface area contributed by atoms with Crippen molar-refractivity contribution in [2.24, 2.45) is 5.10 Å². The van der Waals surface area contributed by atoms with E-state index in [1.54, 1.807) is 25.3 Å². The maximum Gasteiger partial charge on any atom is 0.271 e. The second-order valence-electron chi connectivity index (χ2n) is 5.43. The lowest BCUT2D eigenvalue weighted by molar-refractivity contribution is -0.384. The SMILES string of the molecule is COc1ccc2cc(/C=N\NC(=O)c3cccc([N+](=O)[O-])c3)c(Cl)nc2c1. The van der Waals surface area contributed by atoms with Gasteiger partial charge >= 0.3 is 0 Å². The van der Waals surface area contributed by atoms with E-state index in [0.717, 1.165) is 5.39 Å². The molecule has 0 aliphatic carbocycles. The highest BCUT2D eigenvalue weighted by molar-refractivity contribution is 6.32. The number of nitro groups is 1. The summed E-state index contributed by atoms with van der Waals surface area (Å²) in [6.45, 7) is 0. The van der Waals surface area contributed by atoms with Gasteiger partial charge < -0.3 is 4.74 Å². The molecule has 3 aromatic rings. The maximum absolute atomic E-state index is 12.1. The lowest BCUT2D eigenvalue weighted by Gasteiger charge is -2.05. The van der Waals surface area contributed by atoms with Gasteiger partial charge in [-0.05, 0) is 24.3 Å². The van der Waals surface area contributed by atoms with Gasteiger partial charge in [0.1, 0.15) is 10.9 Å². The third-order valence-electron chi connectivity index (χ3n) is 3.69. The van der Waals surface area contributed by atoms with Crippen LogP contribution in [-0.2, 0) is 0 Å². The number of hydrazone groups is 1. The number of aromatic nitrogens is 1. The van der Waals surface area contributed by atoms with Gasteiger partial charge in [0, 0.05) is 34.7 Å². The van der Waals surface area contributed by atoms with Crippen molar-refractivity contribution >= 4 is 40.3 Å². The van der Waals surface area contributed by atoms with E-state index in [1.165, 1.54) is 30.5 Å². The molecular weight excluding hydrogens is 372 g/mol. The molecule has 9 heteroatoms. The summed E-state index contributed by atoms with van der Waals surface area (Å²) in [7, 11) is 1.56. The van der Waals surface area contributed by atoms with Crippen LogP contribution in [0.4, 0.5) is 5.69 Å². The molecule has 1 aromatic heterocycles. The van der Waals surface area contributed by atoms with E-state index in [1.807, 2.05) is 6.07 Å². The first-order valence-corrected chi connectivity index (χ1v) is 8.08. The molecule has 2 aromatic carbocycles. The first kappa shape index (κ1) is 18.3. The van der Waals surface area contributed by atoms with Crippen molar-refractivity contribution in [2.75, 3.05) is 7.11 Å². The van der Waals surface area contributed by atoms with E-state index < -0.39 is 10.8 Å². The zero-order chi connectivity index (χ0) is 19.4. The molecule has 0 saturated carbocycles. The Balaban J connectivity index is 1.77. The van der Waals surface area contributed by atoms with Crippen LogP contribution in [0.2, 0.25) is 5.15 Å². The smallest absolute Gasteiger partial charge is 0.271 e. The molecule has 0 aliphatic rings. The number of pyridine rings is 1. The summed E-state index contributed by atoms with van der Waals surface area (Å²) in [5.41, 5.74) is 3.43. The highest BCUT2D eigenvalue weighted by Crippen LogP contribution is 2.23. The Morgan fingerprint density at radius 2 is 2.11 bits per heavy atom. The van der Waals surface area contributed by atoms with Gasteiger partial charge in [0.2, 0.25) is 0 Å². The number of hydrogen-bond donors (Lipinski definition) is 1. The van der Waals surface area contributed by atoms with Crippen LogP contribution in [0.3, 0.4) is 0 Å². The second kappa shape index (κ2) is 7.79. The normalized spacial score (nSPS) is 10.9. The molecule has 0 atom stereocenters. The van der Waals surface area contributed by atoms with Gasteiger partial charge in [-0.2, -0.15) is 5.10 Å². The minimum Gasteiger partial charge on any atom is -0.497 e. The molecule has 0 saturated heterocycles. The molecule has 0 bridgehead atoms. The minimum absolute atomic E-state index is 0.121. The molecular formula is C18H13ClN4O4. The number of hydrogen-bond acceptors (Lipinski definition) is 6. The van der Waals surface area contributed by atoms with Crippen molar-refractivity contribution in [1.29, 1.82) is 0 Å². The molecule has 0 unspecified atom stereocenters. The van der Waals surface area contributed by atoms with Crippen LogP contribution in [0, 0.1) is 10.1 Å². The number of carbonyl (C=O) groups excluding carboxylic acids is 1. The summed E-state index contributed by atoms with van der Waals surface area (Å²) in [5, 5.41) is 15.7. The summed E-state index contributed by atoms with van der Waals surface area (Å²) >= 11 is 6.16. The van der Waals surface area contributed by atoms with Gasteiger partial charge in [0.05, 0.1) is 23.8 Å². The predicted octanol–water partition coefficient (Wildman–Crippen LogP) is 3.57. The monoisotopic (exact) mass is 384 g/mol. The van der Waals surface area contributed by atoms with Crippen molar-refractivity contribution < 1.29 is 14.5 Å². The number of ether oxygens (including phenoxy) is 1. The second-order valence-corrected chi connectivity index (χ2v) is 5.79. The number of methoxy groups -OCH3 is 1. The van der Waals surface area contributed by atoms with E-state index in [4.69, 9.17) is 16.3 Å². The standard InChI is InChI=1S/C18H13ClN4O4/c1-27-15-6-5-11-7-13(17(19)21-16(11)9-15)10-20-22-18(24)12-3-2-4-14(8-12)23(25)26/h2-10H,1H3,(H,22,24)/b20-10-. The Morgan fingerprint density at radius 3 is 2.85 bits per heavy atom. The quantitative estimate of drug-likeness (QED) is 0.313. The van der Waals surface area contributed by atoms with Crippen LogP contribution < -0.4 is 10.2 Å². The van der Waals surface area contributed by atoms with Crippen LogP contribution in [0.5, 0.6) is 5.75 Å². The summed E-state index contributed by atoms with van der Waals surface area (Å²) in [6.07, 6.45) is 1.36. The van der Waals surface area contributed by atoms with Gasteiger partial charge in [0.25, 0.3) is 11.6 Å². The maximum atomic E-state index is 12.1. The average molecular weight is 385 g/mol. The highest BCUT2D eigenvalue weighted by Gasteiger charge is 2.11. The van der Waals surface area contributed by atoms with E-state index in [2.05, 4.69) is 15.5 Å². The molecule has 1 amide bonds. The van der Waals surface area contributed by atoms with Gasteiger partial charge in [-0.1, -0.05) is 17.7 Å². The molecule has 27 heavy (non-hydrogen) atoms. The number of nitro benzene ring substituents is 1. The third-order valence-corrected chi connectivity index (χ3v) is 4.00. The molecule has 0 radical (unpaired) electrons. The van der Waals surface area contributed by atoms with Crippen molar-refractivity contribution in [3.63, 3.8) is 0 Å². The van der Waals surface area contributed by atoms with Crippen LogP contribution in [0.1, 0.15) is 15.9 Å². The Labute approximate surface area is 158 Å². The predicted molar refractivity (Wildman–Crippen MR) is 101 cm³/mol. The first-order valence-electron chi connectivity index (χ1n) is 7.70. The molecule has 0 fully saturated rings. The number of fused-ring (bicyclic) bond motifs is 1. The lowest BCUT2D eigenvalue weighted by atomic mass is 10.1. The number of nitrogens with zero attached hydrogens (tertiary/aromatic N) is 3. The van der Waals surface area contributed by atoms with E-state index >= 15 is 0 Å². The summed E-state index contributed by atoms with van der Waals surface area (Å²) < 4.78 is 5.15. The van der Waals surface area contributed by atoms with E-state index in [-0.39, 0.29) is 16.4 Å². The summed E-state index contributed by atoms with van der Waals surface area (Å²) in [6, 6.07) is 12.5. The van der Waals surface area contributed by atoms with E-state index in [0.29, 0.717) is 16.8 Å². The fourth-order valence-electron chi connectivity index (χ4n) is 2.34. The Morgan fingerprint density at radius 1 is 1.30 bits per heavy atom. The van der Waals surface area contributed by atoms with Gasteiger partial charge in [-0.15, -0.1) is 0 Å². The van der Waals surface area contributed by atoms with Crippen LogP contribution >= 0.6 is 11.6 Å². The zero-order valence-corrected chi connectivity index (χ0v) is 14.8. The van der Waals surface area contributed by atoms with Crippen LogP contribution in [-0.4, -0.2) is 29.1 Å². The topological polar surface area (TPSA) is 107 Å². The van der Waals surface area contributed by atoms with Gasteiger partial charge in [-0.3, -0.25) is 14.9 Å². The zero-order valence-electron chi connectivity index (χ0n) is 14.0. The Bertz CT molecular complexity index is 1070. The summed E-state index contributed by atoms with van der Waals surface area (Å²) in [5.74, 6) is 0.0845. The van der Waals surface area contributed by atoms with Gasteiger partial charge in [-0.25, -0.2) is 10.4 Å². The highest BCUT2D eigenvalue weighted by atomic mass is 35.5. The largest absolute Gasteiger partial charge is 0.497 e. The molecule has 136 valence electrons. The number of rotatable bonds is 5. The Kier molecular flexibility index (Phi) is 5.28. The molecule has 1 heterocycles. The molecule has 8 nitrogen and oxygen atoms in total. The number of halogens is 1. The molecule has 0 spiro atoms. The van der Waals surface area contributed by atoms with Crippen LogP contribution in [0.15, 0.2) is 53.6 Å². The van der Waals surface area contributed by atoms with Crippen molar-refractivity contribution in [3.05, 3.63) is 74.9 Å². The van der Waals surface area contributed by atoms with Crippen molar-refractivity contribution in [3.8, 4) is 5.75 Å². The number of nitrogens with one attached hydrogen (secondary N) is 1. The Hall–Kier alpha value is -3.52. The van der Waals surface area contributed by atoms with Gasteiger partial charge in [0.15, 0.2) is 0 Å². The van der Waals surface area contributed by atoms with Crippen molar-refractivity contribution in [1.82, 2.24) is 10.4 Å². The fourth-order valence-corrected chi connectivity index (χ4v) is 2.54. The van der Waals surface area contributed by atoms with Crippen LogP contribution in [0.25, 0.3) is 10.9 Å². The fraction of sp³-hybridized carbons (Fsp3) is 0.0556. The number of non-ortho nitro benzene ring substituents is 1. The summed E-state index contributed by atoms with van der Waals surface area (Å²) in [4.78, 5) is 26.5. The minimum atomic E-state index is -0.579. The molecule has 0 aliphatic heterocycles. The van der Waals surface area contributed by atoms with Crippen molar-refractivity contribution in [2.45, 2.75) is 0 Å². The number of amides is 1. The molecule has 1 N–H and O–H groups in total. The van der Waals surface area contributed by atoms with E-state index in [9.17, 15) is 14.9 Å². The lowest BCUT2D eigenvalue weighted by Crippen LogP contribution is -2.17. The third kappa shape index (κ3) is 4.18.